The molecule has 3 rings (SSSR count). The number of nitrogens with zero attached hydrogens (tertiary/aromatic N) is 2. The minimum Gasteiger partial charge on any atom is -0.491 e. The van der Waals surface area contributed by atoms with Gasteiger partial charge in [0.2, 0.25) is 10.0 Å². The molecule has 1 aromatic carbocycles. The van der Waals surface area contributed by atoms with Crippen LogP contribution in [0, 0.1) is 5.82 Å². The Hall–Kier alpha value is -2.84. The maximum atomic E-state index is 14.0. The van der Waals surface area contributed by atoms with E-state index < -0.39 is 15.8 Å². The largest absolute Gasteiger partial charge is 0.491 e. The quantitative estimate of drug-likeness (QED) is 0.673. The summed E-state index contributed by atoms with van der Waals surface area (Å²) < 4.78 is 46.6. The minimum absolute atomic E-state index is 0.0165. The van der Waals surface area contributed by atoms with Crippen molar-refractivity contribution in [2.75, 3.05) is 6.61 Å². The van der Waals surface area contributed by atoms with Gasteiger partial charge in [0.05, 0.1) is 17.2 Å². The first kappa shape index (κ1) is 18.9. The molecule has 3 aromatic rings. The van der Waals surface area contributed by atoms with E-state index in [2.05, 4.69) is 14.7 Å². The first-order valence-corrected chi connectivity index (χ1v) is 9.76. The number of aromatic nitrogens is 2. The van der Waals surface area contributed by atoms with Crippen molar-refractivity contribution < 1.29 is 17.5 Å². The Balaban J connectivity index is 1.82. The summed E-state index contributed by atoms with van der Waals surface area (Å²) >= 11 is 0. The van der Waals surface area contributed by atoms with Gasteiger partial charge in [0.25, 0.3) is 0 Å². The fraction of sp³-hybridized carbons (Fsp3) is 0.158. The fourth-order valence-electron chi connectivity index (χ4n) is 2.53. The van der Waals surface area contributed by atoms with Gasteiger partial charge >= 0.3 is 0 Å². The highest BCUT2D eigenvalue weighted by Gasteiger charge is 2.17. The van der Waals surface area contributed by atoms with Gasteiger partial charge in [0.15, 0.2) is 11.6 Å². The van der Waals surface area contributed by atoms with Crippen LogP contribution in [0.5, 0.6) is 5.75 Å². The lowest BCUT2D eigenvalue weighted by molar-refractivity contribution is 0.321. The Morgan fingerprint density at radius 3 is 2.59 bits per heavy atom. The molecule has 140 valence electrons. The summed E-state index contributed by atoms with van der Waals surface area (Å²) in [7, 11) is -3.90. The zero-order valence-electron chi connectivity index (χ0n) is 14.6. The van der Waals surface area contributed by atoms with Crippen molar-refractivity contribution in [1.29, 1.82) is 0 Å². The number of sulfonamides is 1. The Morgan fingerprint density at radius 1 is 1.11 bits per heavy atom. The van der Waals surface area contributed by atoms with Crippen LogP contribution in [0.4, 0.5) is 4.39 Å². The van der Waals surface area contributed by atoms with Gasteiger partial charge in [-0.15, -0.1) is 0 Å². The Morgan fingerprint density at radius 2 is 1.89 bits per heavy atom. The Bertz CT molecular complexity index is 1030. The van der Waals surface area contributed by atoms with Gasteiger partial charge in [-0.3, -0.25) is 9.97 Å². The van der Waals surface area contributed by atoms with Crippen molar-refractivity contribution in [2.24, 2.45) is 0 Å². The van der Waals surface area contributed by atoms with Crippen molar-refractivity contribution >= 4 is 10.0 Å². The van der Waals surface area contributed by atoms with Crippen molar-refractivity contribution in [3.8, 4) is 17.0 Å². The summed E-state index contributed by atoms with van der Waals surface area (Å²) in [5.41, 5.74) is 2.17. The number of nitrogens with one attached hydrogen (secondary N) is 1. The third-order valence-electron chi connectivity index (χ3n) is 3.81. The molecule has 0 radical (unpaired) electrons. The lowest BCUT2D eigenvalue weighted by Gasteiger charge is -2.11. The van der Waals surface area contributed by atoms with E-state index in [1.54, 1.807) is 49.8 Å². The summed E-state index contributed by atoms with van der Waals surface area (Å²) in [6.45, 7) is 2.03. The summed E-state index contributed by atoms with van der Waals surface area (Å²) in [5, 5.41) is 0. The second kappa shape index (κ2) is 8.24. The summed E-state index contributed by atoms with van der Waals surface area (Å²) in [6.07, 6.45) is 4.91. The van der Waals surface area contributed by atoms with Crippen molar-refractivity contribution in [3.05, 3.63) is 72.4 Å². The highest BCUT2D eigenvalue weighted by atomic mass is 32.2. The van der Waals surface area contributed by atoms with Crippen LogP contribution in [0.2, 0.25) is 0 Å². The number of pyridine rings is 2. The first-order valence-electron chi connectivity index (χ1n) is 8.27. The van der Waals surface area contributed by atoms with E-state index in [1.807, 2.05) is 0 Å². The van der Waals surface area contributed by atoms with Crippen LogP contribution in [-0.2, 0) is 16.6 Å². The van der Waals surface area contributed by atoms with Gasteiger partial charge in [0, 0.05) is 30.7 Å². The Kier molecular flexibility index (Phi) is 5.78. The molecule has 0 aliphatic carbocycles. The van der Waals surface area contributed by atoms with E-state index in [0.29, 0.717) is 17.9 Å². The van der Waals surface area contributed by atoms with Crippen molar-refractivity contribution in [1.82, 2.24) is 14.7 Å². The number of hydrogen-bond donors (Lipinski definition) is 1. The lowest BCUT2D eigenvalue weighted by Crippen LogP contribution is -2.23. The third kappa shape index (κ3) is 4.47. The van der Waals surface area contributed by atoms with E-state index >= 15 is 0 Å². The van der Waals surface area contributed by atoms with Crippen molar-refractivity contribution in [3.63, 3.8) is 0 Å². The monoisotopic (exact) mass is 387 g/mol. The van der Waals surface area contributed by atoms with Crippen LogP contribution in [0.3, 0.4) is 0 Å². The van der Waals surface area contributed by atoms with Crippen molar-refractivity contribution in [2.45, 2.75) is 18.4 Å². The molecular weight excluding hydrogens is 369 g/mol. The molecule has 27 heavy (non-hydrogen) atoms. The number of benzene rings is 1. The minimum atomic E-state index is -3.90. The van der Waals surface area contributed by atoms with Gasteiger partial charge in [-0.05, 0) is 48.9 Å². The molecule has 0 amide bonds. The standard InChI is InChI=1S/C19H18FN3O3S/c1-2-26-18-6-5-16(12-17(18)20)27(24,25)23-13-15-4-3-9-22-19(15)14-7-10-21-11-8-14/h3-12,23H,2,13H2,1H3. The second-order valence-electron chi connectivity index (χ2n) is 5.60. The van der Waals surface area contributed by atoms with Gasteiger partial charge in [-0.2, -0.15) is 0 Å². The summed E-state index contributed by atoms with van der Waals surface area (Å²) in [6, 6.07) is 10.7. The highest BCUT2D eigenvalue weighted by Crippen LogP contribution is 2.23. The van der Waals surface area contributed by atoms with Gasteiger partial charge < -0.3 is 4.74 Å². The van der Waals surface area contributed by atoms with Crippen LogP contribution >= 0.6 is 0 Å². The number of hydrogen-bond acceptors (Lipinski definition) is 5. The fourth-order valence-corrected chi connectivity index (χ4v) is 3.55. The molecule has 0 atom stereocenters. The first-order chi connectivity index (χ1) is 13.0. The molecule has 0 aliphatic rings. The molecule has 1 N–H and O–H groups in total. The third-order valence-corrected chi connectivity index (χ3v) is 5.21. The zero-order chi connectivity index (χ0) is 19.3. The molecule has 0 spiro atoms. The number of ether oxygens (including phenoxy) is 1. The summed E-state index contributed by atoms with van der Waals surface area (Å²) in [4.78, 5) is 8.13. The topological polar surface area (TPSA) is 81.2 Å². The lowest BCUT2D eigenvalue weighted by atomic mass is 10.1. The molecule has 0 bridgehead atoms. The second-order valence-corrected chi connectivity index (χ2v) is 7.36. The van der Waals surface area contributed by atoms with E-state index in [9.17, 15) is 12.8 Å². The molecule has 0 aliphatic heterocycles. The van der Waals surface area contributed by atoms with Gasteiger partial charge in [-0.25, -0.2) is 17.5 Å². The molecule has 0 saturated heterocycles. The number of rotatable bonds is 7. The molecule has 8 heteroatoms. The van der Waals surface area contributed by atoms with E-state index in [0.717, 1.165) is 11.6 Å². The van der Waals surface area contributed by atoms with Gasteiger partial charge in [-0.1, -0.05) is 6.07 Å². The number of halogens is 1. The zero-order valence-corrected chi connectivity index (χ0v) is 15.4. The molecular formula is C19H18FN3O3S. The molecule has 2 heterocycles. The van der Waals surface area contributed by atoms with Crippen LogP contribution in [0.15, 0.2) is 66.0 Å². The molecule has 0 unspecified atom stereocenters. The molecule has 0 saturated carbocycles. The van der Waals surface area contributed by atoms with Crippen LogP contribution in [0.1, 0.15) is 12.5 Å². The molecule has 2 aromatic heterocycles. The molecule has 6 nitrogen and oxygen atoms in total. The normalized spacial score (nSPS) is 11.3. The van der Waals surface area contributed by atoms with E-state index in [4.69, 9.17) is 4.74 Å². The van der Waals surface area contributed by atoms with Crippen LogP contribution in [-0.4, -0.2) is 25.0 Å². The highest BCUT2D eigenvalue weighted by molar-refractivity contribution is 7.89. The smallest absolute Gasteiger partial charge is 0.240 e. The van der Waals surface area contributed by atoms with E-state index in [-0.39, 0.29) is 17.2 Å². The predicted octanol–water partition coefficient (Wildman–Crippen LogP) is 3.16. The maximum Gasteiger partial charge on any atom is 0.240 e. The van der Waals surface area contributed by atoms with Crippen LogP contribution < -0.4 is 9.46 Å². The Labute approximate surface area is 157 Å². The SMILES string of the molecule is CCOc1ccc(S(=O)(=O)NCc2cccnc2-c2ccncc2)cc1F. The van der Waals surface area contributed by atoms with E-state index in [1.165, 1.54) is 12.1 Å². The van der Waals surface area contributed by atoms with Gasteiger partial charge in [0.1, 0.15) is 0 Å². The average molecular weight is 387 g/mol. The maximum absolute atomic E-state index is 14.0. The summed E-state index contributed by atoms with van der Waals surface area (Å²) in [5.74, 6) is -0.706. The van der Waals surface area contributed by atoms with Crippen LogP contribution in [0.25, 0.3) is 11.3 Å². The predicted molar refractivity (Wildman–Crippen MR) is 99.1 cm³/mol. The molecule has 0 fully saturated rings. The average Bonchev–Trinajstić information content (AvgIpc) is 2.69.